The predicted octanol–water partition coefficient (Wildman–Crippen LogP) is 2.34. The van der Waals surface area contributed by atoms with Gasteiger partial charge in [-0.25, -0.2) is 4.98 Å². The Bertz CT molecular complexity index is 981. The number of hydrogen-bond acceptors (Lipinski definition) is 7. The maximum Gasteiger partial charge on any atom is 0.409 e. The van der Waals surface area contributed by atoms with Crippen molar-refractivity contribution in [1.82, 2.24) is 14.5 Å². The minimum Gasteiger partial charge on any atom is -0.481 e. The minimum atomic E-state index is -4.51. The Kier molecular flexibility index (Phi) is 5.31. The Morgan fingerprint density at radius 2 is 2.07 bits per heavy atom. The van der Waals surface area contributed by atoms with Gasteiger partial charge in [0.15, 0.2) is 0 Å². The van der Waals surface area contributed by atoms with Crippen LogP contribution >= 0.6 is 0 Å². The molecule has 2 aromatic rings. The monoisotopic (exact) mass is 425 g/mol. The summed E-state index contributed by atoms with van der Waals surface area (Å²) in [7, 11) is 1.39. The third-order valence-electron chi connectivity index (χ3n) is 5.37. The number of halogens is 3. The van der Waals surface area contributed by atoms with Crippen molar-refractivity contribution in [3.63, 3.8) is 0 Å². The van der Waals surface area contributed by atoms with Crippen LogP contribution in [0.5, 0.6) is 5.88 Å². The molecule has 2 aliphatic heterocycles. The van der Waals surface area contributed by atoms with Gasteiger partial charge in [-0.05, 0) is 19.4 Å². The minimum absolute atomic E-state index is 0.0435. The first-order valence-corrected chi connectivity index (χ1v) is 9.62. The van der Waals surface area contributed by atoms with Crippen molar-refractivity contribution >= 4 is 17.5 Å². The zero-order valence-corrected chi connectivity index (χ0v) is 16.6. The molecule has 0 aromatic carbocycles. The van der Waals surface area contributed by atoms with E-state index in [9.17, 15) is 18.0 Å². The second-order valence-corrected chi connectivity index (χ2v) is 7.29. The van der Waals surface area contributed by atoms with Gasteiger partial charge in [-0.15, -0.1) is 0 Å². The molecule has 0 N–H and O–H groups in total. The molecule has 4 heterocycles. The molecule has 8 nitrogen and oxygen atoms in total. The molecule has 1 fully saturated rings. The molecule has 0 bridgehead atoms. The molecule has 2 aliphatic rings. The first kappa shape index (κ1) is 20.5. The van der Waals surface area contributed by atoms with Crippen molar-refractivity contribution in [3.8, 4) is 5.88 Å². The van der Waals surface area contributed by atoms with Gasteiger partial charge in [0.05, 0.1) is 32.1 Å². The Morgan fingerprint density at radius 1 is 1.27 bits per heavy atom. The highest BCUT2D eigenvalue weighted by molar-refractivity contribution is 5.62. The summed E-state index contributed by atoms with van der Waals surface area (Å²) in [4.78, 5) is 24.2. The Morgan fingerprint density at radius 3 is 2.77 bits per heavy atom. The van der Waals surface area contributed by atoms with Gasteiger partial charge in [0.25, 0.3) is 5.56 Å². The number of fused-ring (bicyclic) bond motifs is 1. The number of alkyl halides is 3. The molecule has 0 spiro atoms. The summed E-state index contributed by atoms with van der Waals surface area (Å²) in [6.07, 6.45) is -3.41. The number of ether oxygens (including phenoxy) is 2. The molecule has 11 heteroatoms. The van der Waals surface area contributed by atoms with E-state index in [1.807, 2.05) is 11.8 Å². The zero-order valence-electron chi connectivity index (χ0n) is 16.6. The first-order chi connectivity index (χ1) is 14.3. The number of rotatable bonds is 3. The van der Waals surface area contributed by atoms with Crippen LogP contribution in [0.2, 0.25) is 0 Å². The van der Waals surface area contributed by atoms with E-state index in [-0.39, 0.29) is 42.1 Å². The average Bonchev–Trinajstić information content (AvgIpc) is 2.72. The normalized spacial score (nSPS) is 22.0. The molecular weight excluding hydrogens is 403 g/mol. The number of nitrogens with zero attached hydrogens (tertiary/aromatic N) is 5. The van der Waals surface area contributed by atoms with Crippen LogP contribution in [-0.4, -0.2) is 59.7 Å². The fourth-order valence-corrected chi connectivity index (χ4v) is 3.88. The first-order valence-electron chi connectivity index (χ1n) is 9.62. The van der Waals surface area contributed by atoms with Gasteiger partial charge in [-0.2, -0.15) is 18.2 Å². The number of morpholine rings is 1. The van der Waals surface area contributed by atoms with Gasteiger partial charge in [-0.1, -0.05) is 0 Å². The van der Waals surface area contributed by atoms with Crippen LogP contribution < -0.4 is 20.1 Å². The van der Waals surface area contributed by atoms with Crippen molar-refractivity contribution < 1.29 is 22.6 Å². The highest BCUT2D eigenvalue weighted by atomic mass is 19.4. The SMILES string of the molecule is COc1cc(N2c3nc(N4CCOCC4C)cc(=O)n3CCC2C(F)(F)F)ccn1. The third kappa shape index (κ3) is 3.69. The maximum absolute atomic E-state index is 13.9. The fraction of sp³-hybridized carbons (Fsp3) is 0.526. The summed E-state index contributed by atoms with van der Waals surface area (Å²) in [5.41, 5.74) is -0.183. The molecule has 2 unspecified atom stereocenters. The summed E-state index contributed by atoms with van der Waals surface area (Å²) >= 11 is 0. The molecule has 0 amide bonds. The molecule has 4 rings (SSSR count). The molecule has 1 saturated heterocycles. The number of anilines is 3. The third-order valence-corrected chi connectivity index (χ3v) is 5.37. The number of pyridine rings is 1. The molecule has 0 aliphatic carbocycles. The number of aromatic nitrogens is 3. The molecular formula is C19H22F3N5O3. The van der Waals surface area contributed by atoms with Crippen molar-refractivity contribution in [1.29, 1.82) is 0 Å². The van der Waals surface area contributed by atoms with E-state index in [0.29, 0.717) is 25.6 Å². The van der Waals surface area contributed by atoms with Crippen molar-refractivity contribution in [2.24, 2.45) is 0 Å². The second kappa shape index (κ2) is 7.78. The Labute approximate surface area is 170 Å². The van der Waals surface area contributed by atoms with Gasteiger partial charge in [0.1, 0.15) is 11.9 Å². The van der Waals surface area contributed by atoms with E-state index in [2.05, 4.69) is 9.97 Å². The lowest BCUT2D eigenvalue weighted by atomic mass is 10.1. The van der Waals surface area contributed by atoms with Crippen LogP contribution in [0.25, 0.3) is 0 Å². The highest BCUT2D eigenvalue weighted by Gasteiger charge is 2.47. The number of hydrogen-bond donors (Lipinski definition) is 0. The summed E-state index contributed by atoms with van der Waals surface area (Å²) in [6.45, 7) is 3.27. The highest BCUT2D eigenvalue weighted by Crippen LogP contribution is 2.39. The van der Waals surface area contributed by atoms with E-state index < -0.39 is 12.2 Å². The van der Waals surface area contributed by atoms with Crippen LogP contribution in [0.4, 0.5) is 30.6 Å². The van der Waals surface area contributed by atoms with Gasteiger partial charge in [0.2, 0.25) is 11.8 Å². The summed E-state index contributed by atoms with van der Waals surface area (Å²) < 4.78 is 53.6. The van der Waals surface area contributed by atoms with E-state index in [1.54, 1.807) is 0 Å². The average molecular weight is 425 g/mol. The quantitative estimate of drug-likeness (QED) is 0.748. The lowest BCUT2D eigenvalue weighted by Gasteiger charge is -2.40. The van der Waals surface area contributed by atoms with Crippen LogP contribution in [0.1, 0.15) is 13.3 Å². The fourth-order valence-electron chi connectivity index (χ4n) is 3.88. The van der Waals surface area contributed by atoms with Gasteiger partial charge >= 0.3 is 6.18 Å². The summed E-state index contributed by atoms with van der Waals surface area (Å²) in [5, 5.41) is 0. The van der Waals surface area contributed by atoms with Crippen molar-refractivity contribution in [2.75, 3.05) is 36.7 Å². The van der Waals surface area contributed by atoms with Crippen molar-refractivity contribution in [2.45, 2.75) is 38.1 Å². The van der Waals surface area contributed by atoms with Crippen LogP contribution in [0.3, 0.4) is 0 Å². The molecule has 0 saturated carbocycles. The summed E-state index contributed by atoms with van der Waals surface area (Å²) in [6, 6.07) is 2.36. The lowest BCUT2D eigenvalue weighted by Crippen LogP contribution is -2.51. The molecule has 0 radical (unpaired) electrons. The van der Waals surface area contributed by atoms with Gasteiger partial charge in [-0.3, -0.25) is 14.3 Å². The van der Waals surface area contributed by atoms with E-state index >= 15 is 0 Å². The van der Waals surface area contributed by atoms with Gasteiger partial charge in [0, 0.05) is 31.4 Å². The molecule has 2 aromatic heterocycles. The Hall–Kier alpha value is -2.82. The van der Waals surface area contributed by atoms with E-state index in [0.717, 1.165) is 4.90 Å². The maximum atomic E-state index is 13.9. The van der Waals surface area contributed by atoms with E-state index in [4.69, 9.17) is 9.47 Å². The molecule has 30 heavy (non-hydrogen) atoms. The Balaban J connectivity index is 1.87. The van der Waals surface area contributed by atoms with Crippen molar-refractivity contribution in [3.05, 3.63) is 34.7 Å². The zero-order chi connectivity index (χ0) is 21.5. The van der Waals surface area contributed by atoms with Crippen LogP contribution in [0, 0.1) is 0 Å². The smallest absolute Gasteiger partial charge is 0.409 e. The summed E-state index contributed by atoms with van der Waals surface area (Å²) in [5.74, 6) is 0.472. The lowest BCUT2D eigenvalue weighted by molar-refractivity contribution is -0.150. The number of methoxy groups -OCH3 is 1. The van der Waals surface area contributed by atoms with E-state index in [1.165, 1.54) is 36.1 Å². The predicted molar refractivity (Wildman–Crippen MR) is 104 cm³/mol. The molecule has 162 valence electrons. The molecule has 2 atom stereocenters. The van der Waals surface area contributed by atoms with Crippen LogP contribution in [-0.2, 0) is 11.3 Å². The van der Waals surface area contributed by atoms with Crippen LogP contribution in [0.15, 0.2) is 29.2 Å². The standard InChI is InChI=1S/C19H22F3N5O3/c1-12-11-30-8-7-25(12)15-10-17(28)26-6-4-14(19(20,21)22)27(18(26)24-15)13-3-5-23-16(9-13)29-2/h3,5,9-10,12,14H,4,6-8,11H2,1-2H3. The van der Waals surface area contributed by atoms with Gasteiger partial charge < -0.3 is 14.4 Å². The second-order valence-electron chi connectivity index (χ2n) is 7.29. The largest absolute Gasteiger partial charge is 0.481 e. The topological polar surface area (TPSA) is 72.7 Å².